The summed E-state index contributed by atoms with van der Waals surface area (Å²) in [6, 6.07) is 3.68. The summed E-state index contributed by atoms with van der Waals surface area (Å²) in [5, 5.41) is 10.9. The lowest BCUT2D eigenvalue weighted by Crippen LogP contribution is -2.48. The number of carbonyl (C=O) groups is 1. The van der Waals surface area contributed by atoms with Gasteiger partial charge in [-0.2, -0.15) is 0 Å². The summed E-state index contributed by atoms with van der Waals surface area (Å²) >= 11 is 0. The molecular weight excluding hydrogens is 370 g/mol. The number of ether oxygens (including phenoxy) is 1. The van der Waals surface area contributed by atoms with E-state index in [0.29, 0.717) is 30.0 Å². The first-order valence-corrected chi connectivity index (χ1v) is 10.2. The number of hydrogen-bond donors (Lipinski definition) is 1. The van der Waals surface area contributed by atoms with Crippen LogP contribution >= 0.6 is 0 Å². The Balaban J connectivity index is 1.81. The van der Waals surface area contributed by atoms with Crippen LogP contribution < -0.4 is 10.4 Å². The first kappa shape index (κ1) is 21.4. The lowest BCUT2D eigenvalue weighted by molar-refractivity contribution is -0.140. The Morgan fingerprint density at radius 2 is 1.83 bits per heavy atom. The van der Waals surface area contributed by atoms with Crippen LogP contribution in [0.3, 0.4) is 0 Å². The lowest BCUT2D eigenvalue weighted by Gasteiger charge is -2.38. The van der Waals surface area contributed by atoms with Gasteiger partial charge in [0.05, 0.1) is 11.0 Å². The molecule has 0 aliphatic carbocycles. The predicted octanol–water partition coefficient (Wildman–Crippen LogP) is 3.50. The van der Waals surface area contributed by atoms with Gasteiger partial charge in [-0.15, -0.1) is 0 Å². The molecular formula is C23H31NO5. The molecule has 1 aromatic carbocycles. The van der Waals surface area contributed by atoms with E-state index in [9.17, 15) is 14.7 Å². The summed E-state index contributed by atoms with van der Waals surface area (Å²) < 4.78 is 11.5. The average Bonchev–Trinajstić information content (AvgIpc) is 2.64. The average molecular weight is 402 g/mol. The number of likely N-dealkylation sites (tertiary alicyclic amines) is 1. The number of carbonyl (C=O) groups excluding carboxylic acids is 1. The van der Waals surface area contributed by atoms with Crippen LogP contribution in [-0.4, -0.2) is 40.7 Å². The van der Waals surface area contributed by atoms with Gasteiger partial charge in [0.25, 0.3) is 5.91 Å². The van der Waals surface area contributed by atoms with Crippen molar-refractivity contribution in [3.05, 3.63) is 39.2 Å². The summed E-state index contributed by atoms with van der Waals surface area (Å²) in [6.07, 6.45) is 0.891. The van der Waals surface area contributed by atoms with Gasteiger partial charge in [-0.05, 0) is 83.6 Å². The van der Waals surface area contributed by atoms with Crippen molar-refractivity contribution in [1.29, 1.82) is 0 Å². The van der Waals surface area contributed by atoms with Crippen molar-refractivity contribution in [3.63, 3.8) is 0 Å². The smallest absolute Gasteiger partial charge is 0.339 e. The molecule has 2 aromatic rings. The number of fused-ring (bicyclic) bond motifs is 1. The number of benzene rings is 1. The highest BCUT2D eigenvalue weighted by molar-refractivity contribution is 5.89. The molecule has 2 heterocycles. The van der Waals surface area contributed by atoms with E-state index < -0.39 is 11.7 Å². The monoisotopic (exact) mass is 401 g/mol. The predicted molar refractivity (Wildman–Crippen MR) is 112 cm³/mol. The van der Waals surface area contributed by atoms with E-state index >= 15 is 0 Å². The fraction of sp³-hybridized carbons (Fsp3) is 0.565. The summed E-state index contributed by atoms with van der Waals surface area (Å²) in [5.74, 6) is 0.675. The van der Waals surface area contributed by atoms with Gasteiger partial charge in [0.1, 0.15) is 11.3 Å². The quantitative estimate of drug-likeness (QED) is 0.793. The van der Waals surface area contributed by atoms with Crippen LogP contribution in [0.15, 0.2) is 21.3 Å². The molecule has 0 radical (unpaired) electrons. The number of aryl methyl sites for hydroxylation is 2. The summed E-state index contributed by atoms with van der Waals surface area (Å²) in [7, 11) is 0. The standard InChI is InChI=1S/C23H31NO5/c1-13-11-18(20-14(2)15(3)22(26)29-19(20)12-13)28-16(4)21(25)24-9-7-17(8-10-24)23(5,6)27/h11-12,16-17,27H,7-10H2,1-6H3. The third-order valence-electron chi connectivity index (χ3n) is 6.11. The minimum absolute atomic E-state index is 0.0689. The van der Waals surface area contributed by atoms with Gasteiger partial charge in [0.15, 0.2) is 6.10 Å². The topological polar surface area (TPSA) is 80.0 Å². The molecule has 1 unspecified atom stereocenters. The third-order valence-corrected chi connectivity index (χ3v) is 6.11. The van der Waals surface area contributed by atoms with Crippen LogP contribution in [-0.2, 0) is 4.79 Å². The summed E-state index contributed by atoms with van der Waals surface area (Å²) in [4.78, 5) is 26.8. The maximum Gasteiger partial charge on any atom is 0.339 e. The number of aliphatic hydroxyl groups is 1. The van der Waals surface area contributed by atoms with Gasteiger partial charge in [-0.1, -0.05) is 0 Å². The van der Waals surface area contributed by atoms with E-state index in [1.165, 1.54) is 0 Å². The highest BCUT2D eigenvalue weighted by Crippen LogP contribution is 2.32. The molecule has 0 saturated carbocycles. The second-order valence-corrected chi connectivity index (χ2v) is 8.79. The second-order valence-electron chi connectivity index (χ2n) is 8.79. The fourth-order valence-electron chi connectivity index (χ4n) is 4.09. The Morgan fingerprint density at radius 3 is 2.41 bits per heavy atom. The van der Waals surface area contributed by atoms with Gasteiger partial charge in [-0.25, -0.2) is 4.79 Å². The summed E-state index contributed by atoms with van der Waals surface area (Å²) in [5.41, 5.74) is 1.63. The largest absolute Gasteiger partial charge is 0.480 e. The zero-order valence-electron chi connectivity index (χ0n) is 18.2. The SMILES string of the molecule is Cc1cc(OC(C)C(=O)N2CCC(C(C)(C)O)CC2)c2c(C)c(C)c(=O)oc2c1. The van der Waals surface area contributed by atoms with Crippen molar-refractivity contribution in [2.45, 2.75) is 66.1 Å². The second kappa shape index (κ2) is 7.82. The molecule has 158 valence electrons. The minimum atomic E-state index is -0.725. The van der Waals surface area contributed by atoms with Crippen LogP contribution in [0.25, 0.3) is 11.0 Å². The maximum absolute atomic E-state index is 13.0. The Bertz CT molecular complexity index is 977. The van der Waals surface area contributed by atoms with E-state index in [2.05, 4.69) is 0 Å². The molecule has 1 aliphatic rings. The van der Waals surface area contributed by atoms with Crippen molar-refractivity contribution >= 4 is 16.9 Å². The van der Waals surface area contributed by atoms with Crippen molar-refractivity contribution in [2.24, 2.45) is 5.92 Å². The van der Waals surface area contributed by atoms with Crippen molar-refractivity contribution in [3.8, 4) is 5.75 Å². The fourth-order valence-corrected chi connectivity index (χ4v) is 4.09. The molecule has 6 heteroatoms. The van der Waals surface area contributed by atoms with E-state index in [0.717, 1.165) is 29.4 Å². The normalized spacial score (nSPS) is 16.9. The van der Waals surface area contributed by atoms with Gasteiger partial charge in [0.2, 0.25) is 0 Å². The van der Waals surface area contributed by atoms with Gasteiger partial charge >= 0.3 is 5.63 Å². The molecule has 1 amide bonds. The first-order chi connectivity index (χ1) is 13.5. The van der Waals surface area contributed by atoms with E-state index in [1.807, 2.05) is 44.7 Å². The van der Waals surface area contributed by atoms with Crippen LogP contribution in [0.1, 0.15) is 50.3 Å². The maximum atomic E-state index is 13.0. The molecule has 1 fully saturated rings. The molecule has 1 aromatic heterocycles. The molecule has 0 bridgehead atoms. The van der Waals surface area contributed by atoms with Crippen LogP contribution in [0.2, 0.25) is 0 Å². The number of piperidine rings is 1. The van der Waals surface area contributed by atoms with Crippen molar-refractivity contribution < 1.29 is 19.1 Å². The van der Waals surface area contributed by atoms with E-state index in [1.54, 1.807) is 13.8 Å². The zero-order valence-corrected chi connectivity index (χ0v) is 18.2. The number of nitrogens with zero attached hydrogens (tertiary/aromatic N) is 1. The molecule has 1 N–H and O–H groups in total. The van der Waals surface area contributed by atoms with Crippen molar-refractivity contribution in [1.82, 2.24) is 4.90 Å². The Morgan fingerprint density at radius 1 is 1.21 bits per heavy atom. The third kappa shape index (κ3) is 4.32. The number of amides is 1. The molecule has 1 atom stereocenters. The van der Waals surface area contributed by atoms with Crippen molar-refractivity contribution in [2.75, 3.05) is 13.1 Å². The van der Waals surface area contributed by atoms with Crippen LogP contribution in [0.5, 0.6) is 5.75 Å². The van der Waals surface area contributed by atoms with E-state index in [4.69, 9.17) is 9.15 Å². The Labute approximate surface area is 171 Å². The Kier molecular flexibility index (Phi) is 5.77. The van der Waals surface area contributed by atoms with Crippen LogP contribution in [0.4, 0.5) is 0 Å². The Hall–Kier alpha value is -2.34. The number of hydrogen-bond acceptors (Lipinski definition) is 5. The highest BCUT2D eigenvalue weighted by Gasteiger charge is 2.33. The highest BCUT2D eigenvalue weighted by atomic mass is 16.5. The van der Waals surface area contributed by atoms with Gasteiger partial charge < -0.3 is 19.2 Å². The molecule has 1 saturated heterocycles. The molecule has 6 nitrogen and oxygen atoms in total. The first-order valence-electron chi connectivity index (χ1n) is 10.2. The zero-order chi connectivity index (χ0) is 21.5. The molecule has 3 rings (SSSR count). The summed E-state index contributed by atoms with van der Waals surface area (Å²) in [6.45, 7) is 12.1. The lowest BCUT2D eigenvalue weighted by atomic mass is 9.83. The molecule has 29 heavy (non-hydrogen) atoms. The minimum Gasteiger partial charge on any atom is -0.480 e. The van der Waals surface area contributed by atoms with Gasteiger partial charge in [-0.3, -0.25) is 4.79 Å². The molecule has 0 spiro atoms. The van der Waals surface area contributed by atoms with Gasteiger partial charge in [0, 0.05) is 18.7 Å². The van der Waals surface area contributed by atoms with E-state index in [-0.39, 0.29) is 17.5 Å². The van der Waals surface area contributed by atoms with Crippen LogP contribution in [0, 0.1) is 26.7 Å². The molecule has 1 aliphatic heterocycles. The number of rotatable bonds is 4.